The van der Waals surface area contributed by atoms with Gasteiger partial charge in [-0.25, -0.2) is 0 Å². The second-order valence-electron chi connectivity index (χ2n) is 5.21. The molecule has 2 heterocycles. The predicted molar refractivity (Wildman–Crippen MR) is 73.0 cm³/mol. The molecule has 0 spiro atoms. The quantitative estimate of drug-likeness (QED) is 0.768. The Balaban J connectivity index is 1.95. The van der Waals surface area contributed by atoms with Crippen molar-refractivity contribution in [1.82, 2.24) is 4.90 Å². The van der Waals surface area contributed by atoms with E-state index in [4.69, 9.17) is 0 Å². The van der Waals surface area contributed by atoms with Gasteiger partial charge in [-0.2, -0.15) is 0 Å². The van der Waals surface area contributed by atoms with E-state index >= 15 is 0 Å². The molecule has 0 radical (unpaired) electrons. The van der Waals surface area contributed by atoms with Gasteiger partial charge in [-0.3, -0.25) is 9.69 Å². The van der Waals surface area contributed by atoms with Gasteiger partial charge in [-0.1, -0.05) is 6.92 Å². The number of hydrogen-bond donors (Lipinski definition) is 0. The van der Waals surface area contributed by atoms with Crippen LogP contribution in [0.2, 0.25) is 0 Å². The Morgan fingerprint density at radius 3 is 2.59 bits per heavy atom. The molecule has 0 bridgehead atoms. The van der Waals surface area contributed by atoms with Crippen molar-refractivity contribution in [3.63, 3.8) is 0 Å². The maximum absolute atomic E-state index is 12.2. The Bertz CT molecular complexity index is 402. The molecule has 0 amide bonds. The van der Waals surface area contributed by atoms with E-state index in [9.17, 15) is 4.79 Å². The van der Waals surface area contributed by atoms with Crippen LogP contribution in [0.1, 0.15) is 39.9 Å². The number of thiophene rings is 1. The van der Waals surface area contributed by atoms with Gasteiger partial charge in [-0.05, 0) is 51.8 Å². The summed E-state index contributed by atoms with van der Waals surface area (Å²) in [6.45, 7) is 9.17. The average Bonchev–Trinajstić information content (AvgIpc) is 2.61. The highest BCUT2D eigenvalue weighted by Crippen LogP contribution is 2.22. The van der Waals surface area contributed by atoms with Crippen molar-refractivity contribution in [2.45, 2.75) is 33.6 Å². The third-order valence-corrected chi connectivity index (χ3v) is 4.55. The molecule has 17 heavy (non-hydrogen) atoms. The van der Waals surface area contributed by atoms with Gasteiger partial charge in [0.15, 0.2) is 5.78 Å². The third kappa shape index (κ3) is 3.17. The number of hydrogen-bond acceptors (Lipinski definition) is 3. The molecule has 0 unspecified atom stereocenters. The highest BCUT2D eigenvalue weighted by Gasteiger charge is 2.20. The lowest BCUT2D eigenvalue weighted by molar-refractivity contribution is 0.0899. The first-order valence-corrected chi connectivity index (χ1v) is 7.20. The highest BCUT2D eigenvalue weighted by molar-refractivity contribution is 7.12. The van der Waals surface area contributed by atoms with Gasteiger partial charge in [0.2, 0.25) is 0 Å². The molecule has 2 nitrogen and oxygen atoms in total. The lowest BCUT2D eigenvalue weighted by Crippen LogP contribution is -2.36. The zero-order chi connectivity index (χ0) is 12.4. The summed E-state index contributed by atoms with van der Waals surface area (Å²) >= 11 is 1.72. The maximum Gasteiger partial charge on any atom is 0.177 e. The first-order chi connectivity index (χ1) is 8.06. The zero-order valence-corrected chi connectivity index (χ0v) is 11.8. The molecule has 94 valence electrons. The summed E-state index contributed by atoms with van der Waals surface area (Å²) in [5.74, 6) is 1.12. The minimum Gasteiger partial charge on any atom is -0.296 e. The molecule has 0 N–H and O–H groups in total. The third-order valence-electron chi connectivity index (χ3n) is 3.58. The van der Waals surface area contributed by atoms with Crippen molar-refractivity contribution < 1.29 is 4.79 Å². The van der Waals surface area contributed by atoms with Gasteiger partial charge in [0.1, 0.15) is 0 Å². The summed E-state index contributed by atoms with van der Waals surface area (Å²) in [6.07, 6.45) is 2.46. The van der Waals surface area contributed by atoms with Gasteiger partial charge in [-0.15, -0.1) is 11.3 Å². The lowest BCUT2D eigenvalue weighted by atomic mass is 9.99. The Kier molecular flexibility index (Phi) is 4.00. The number of likely N-dealkylation sites (tertiary alicyclic amines) is 1. The van der Waals surface area contributed by atoms with Gasteiger partial charge >= 0.3 is 0 Å². The summed E-state index contributed by atoms with van der Waals surface area (Å²) in [4.78, 5) is 16.9. The number of aryl methyl sites for hydroxylation is 2. The standard InChI is InChI=1S/C14H21NOS/c1-10-4-6-15(7-5-10)9-14(16)13-8-11(2)17-12(13)3/h8,10H,4-7,9H2,1-3H3. The predicted octanol–water partition coefficient (Wildman–Crippen LogP) is 3.28. The fourth-order valence-electron chi connectivity index (χ4n) is 2.42. The normalized spacial score (nSPS) is 18.5. The number of rotatable bonds is 3. The van der Waals surface area contributed by atoms with Crippen LogP contribution in [0.15, 0.2) is 6.07 Å². The van der Waals surface area contributed by atoms with Gasteiger partial charge in [0.05, 0.1) is 6.54 Å². The van der Waals surface area contributed by atoms with Crippen molar-refractivity contribution in [2.75, 3.05) is 19.6 Å². The Morgan fingerprint density at radius 1 is 1.41 bits per heavy atom. The number of Topliss-reactive ketones (excluding diaryl/α,β-unsaturated/α-hetero) is 1. The van der Waals surface area contributed by atoms with Crippen LogP contribution in [-0.2, 0) is 0 Å². The van der Waals surface area contributed by atoms with Crippen molar-refractivity contribution in [3.05, 3.63) is 21.4 Å². The molecule has 1 aromatic rings. The minimum atomic E-state index is 0.293. The Labute approximate surface area is 108 Å². The molecular weight excluding hydrogens is 230 g/mol. The van der Waals surface area contributed by atoms with Crippen LogP contribution in [0.3, 0.4) is 0 Å². The number of carbonyl (C=O) groups is 1. The summed E-state index contributed by atoms with van der Waals surface area (Å²) < 4.78 is 0. The first kappa shape index (κ1) is 12.8. The molecule has 1 saturated heterocycles. The van der Waals surface area contributed by atoms with Gasteiger partial charge < -0.3 is 0 Å². The monoisotopic (exact) mass is 251 g/mol. The van der Waals surface area contributed by atoms with Gasteiger partial charge in [0.25, 0.3) is 0 Å². The van der Waals surface area contributed by atoms with Crippen molar-refractivity contribution in [1.29, 1.82) is 0 Å². The molecule has 1 aromatic heterocycles. The topological polar surface area (TPSA) is 20.3 Å². The molecule has 0 aromatic carbocycles. The van der Waals surface area contributed by atoms with E-state index < -0.39 is 0 Å². The summed E-state index contributed by atoms with van der Waals surface area (Å²) in [5.41, 5.74) is 0.936. The molecule has 1 aliphatic heterocycles. The molecule has 3 heteroatoms. The SMILES string of the molecule is Cc1cc(C(=O)CN2CCC(C)CC2)c(C)s1. The van der Waals surface area contributed by atoms with E-state index in [0.717, 1.165) is 29.4 Å². The molecule has 1 aliphatic rings. The van der Waals surface area contributed by atoms with Crippen molar-refractivity contribution in [2.24, 2.45) is 5.92 Å². The van der Waals surface area contributed by atoms with Crippen LogP contribution in [0.25, 0.3) is 0 Å². The second kappa shape index (κ2) is 5.32. The summed E-state index contributed by atoms with van der Waals surface area (Å²) in [6, 6.07) is 2.04. The van der Waals surface area contributed by atoms with Crippen LogP contribution < -0.4 is 0 Å². The number of ketones is 1. The van der Waals surface area contributed by atoms with Crippen LogP contribution >= 0.6 is 11.3 Å². The van der Waals surface area contributed by atoms with Crippen LogP contribution in [0.4, 0.5) is 0 Å². The molecule has 0 aliphatic carbocycles. The van der Waals surface area contributed by atoms with E-state index in [0.29, 0.717) is 12.3 Å². The first-order valence-electron chi connectivity index (χ1n) is 6.39. The molecule has 0 atom stereocenters. The minimum absolute atomic E-state index is 0.293. The van der Waals surface area contributed by atoms with E-state index in [1.807, 2.05) is 13.0 Å². The van der Waals surface area contributed by atoms with E-state index in [-0.39, 0.29) is 0 Å². The lowest BCUT2D eigenvalue weighted by Gasteiger charge is -2.29. The van der Waals surface area contributed by atoms with Crippen LogP contribution in [-0.4, -0.2) is 30.3 Å². The largest absolute Gasteiger partial charge is 0.296 e. The molecule has 0 saturated carbocycles. The fourth-order valence-corrected chi connectivity index (χ4v) is 3.36. The van der Waals surface area contributed by atoms with Crippen LogP contribution in [0, 0.1) is 19.8 Å². The Hall–Kier alpha value is -0.670. The summed E-state index contributed by atoms with van der Waals surface area (Å²) in [5, 5.41) is 0. The second-order valence-corrected chi connectivity index (χ2v) is 6.67. The Morgan fingerprint density at radius 2 is 2.06 bits per heavy atom. The highest BCUT2D eigenvalue weighted by atomic mass is 32.1. The van der Waals surface area contributed by atoms with Crippen LogP contribution in [0.5, 0.6) is 0 Å². The van der Waals surface area contributed by atoms with E-state index in [2.05, 4.69) is 18.7 Å². The average molecular weight is 251 g/mol. The van der Waals surface area contributed by atoms with Crippen molar-refractivity contribution in [3.8, 4) is 0 Å². The van der Waals surface area contributed by atoms with E-state index in [1.54, 1.807) is 11.3 Å². The number of carbonyl (C=O) groups excluding carboxylic acids is 1. The van der Waals surface area contributed by atoms with E-state index in [1.165, 1.54) is 17.7 Å². The maximum atomic E-state index is 12.2. The smallest absolute Gasteiger partial charge is 0.177 e. The number of nitrogens with zero attached hydrogens (tertiary/aromatic N) is 1. The molecular formula is C14H21NOS. The van der Waals surface area contributed by atoms with Gasteiger partial charge in [0, 0.05) is 15.3 Å². The number of piperidine rings is 1. The molecule has 2 rings (SSSR count). The summed E-state index contributed by atoms with van der Waals surface area (Å²) in [7, 11) is 0. The molecule has 1 fully saturated rings. The van der Waals surface area contributed by atoms with Crippen molar-refractivity contribution >= 4 is 17.1 Å². The fraction of sp³-hybridized carbons (Fsp3) is 0.643. The zero-order valence-electron chi connectivity index (χ0n) is 11.0.